The van der Waals surface area contributed by atoms with Crippen molar-refractivity contribution < 1.29 is 13.2 Å². The fourth-order valence-electron chi connectivity index (χ4n) is 1.29. The minimum Gasteiger partial charge on any atom is -0.494 e. The number of nitrogens with two attached hydrogens (primary N) is 1. The Balaban J connectivity index is 2.45. The van der Waals surface area contributed by atoms with Gasteiger partial charge in [-0.1, -0.05) is 17.7 Å². The third-order valence-electron chi connectivity index (χ3n) is 2.17. The van der Waals surface area contributed by atoms with Crippen LogP contribution < -0.4 is 10.5 Å². The highest BCUT2D eigenvalue weighted by atomic mass is 35.5. The number of hydrogen-bond acceptors (Lipinski definition) is 4. The molecule has 0 atom stereocenters. The van der Waals surface area contributed by atoms with Crippen LogP contribution in [-0.2, 0) is 16.4 Å². The molecule has 0 spiro atoms. The van der Waals surface area contributed by atoms with E-state index in [1.165, 1.54) is 6.26 Å². The second kappa shape index (κ2) is 6.23. The van der Waals surface area contributed by atoms with E-state index in [-0.39, 0.29) is 5.75 Å². The highest BCUT2D eigenvalue weighted by Gasteiger charge is 2.03. The summed E-state index contributed by atoms with van der Waals surface area (Å²) in [6.07, 6.45) is 1.68. The van der Waals surface area contributed by atoms with Crippen molar-refractivity contribution in [3.8, 4) is 5.75 Å². The number of rotatable bonds is 6. The molecule has 1 rings (SSSR count). The van der Waals surface area contributed by atoms with E-state index in [9.17, 15) is 8.42 Å². The molecular weight excluding hydrogens is 262 g/mol. The predicted octanol–water partition coefficient (Wildman–Crippen LogP) is 1.61. The van der Waals surface area contributed by atoms with Crippen molar-refractivity contribution in [2.24, 2.45) is 5.73 Å². The molecule has 0 heterocycles. The lowest BCUT2D eigenvalue weighted by Crippen LogP contribution is -2.08. The summed E-state index contributed by atoms with van der Waals surface area (Å²) >= 11 is 5.96. The molecule has 6 heteroatoms. The van der Waals surface area contributed by atoms with Crippen molar-refractivity contribution >= 4 is 21.4 Å². The van der Waals surface area contributed by atoms with Gasteiger partial charge in [0.05, 0.1) is 12.4 Å². The van der Waals surface area contributed by atoms with Gasteiger partial charge in [-0.05, 0) is 24.1 Å². The Bertz CT molecular complexity index is 474. The van der Waals surface area contributed by atoms with Gasteiger partial charge < -0.3 is 10.5 Å². The van der Waals surface area contributed by atoms with Gasteiger partial charge in [0.25, 0.3) is 0 Å². The Hall–Kier alpha value is -0.780. The molecule has 1 aromatic carbocycles. The summed E-state index contributed by atoms with van der Waals surface area (Å²) in [5.41, 5.74) is 6.33. The van der Waals surface area contributed by atoms with E-state index in [2.05, 4.69) is 0 Å². The summed E-state index contributed by atoms with van der Waals surface area (Å²) in [5, 5.41) is 0.563. The maximum Gasteiger partial charge on any atom is 0.147 e. The van der Waals surface area contributed by atoms with Crippen molar-refractivity contribution in [2.75, 3.05) is 18.6 Å². The summed E-state index contributed by atoms with van der Waals surface area (Å²) < 4.78 is 27.2. The summed E-state index contributed by atoms with van der Waals surface area (Å²) in [6, 6.07) is 5.26. The van der Waals surface area contributed by atoms with Crippen molar-refractivity contribution in [1.82, 2.24) is 0 Å². The van der Waals surface area contributed by atoms with Crippen molar-refractivity contribution in [3.05, 3.63) is 28.8 Å². The molecule has 0 aliphatic heterocycles. The molecular formula is C11H16ClNO3S. The van der Waals surface area contributed by atoms with Crippen LogP contribution in [0.2, 0.25) is 5.02 Å². The first kappa shape index (κ1) is 14.3. The molecule has 4 nitrogen and oxygen atoms in total. The maximum atomic E-state index is 10.9. The Morgan fingerprint density at radius 2 is 2.12 bits per heavy atom. The predicted molar refractivity (Wildman–Crippen MR) is 69.2 cm³/mol. The molecule has 0 unspecified atom stereocenters. The van der Waals surface area contributed by atoms with Gasteiger partial charge in [0.1, 0.15) is 15.6 Å². The zero-order chi connectivity index (χ0) is 12.9. The molecule has 0 fully saturated rings. The Morgan fingerprint density at radius 1 is 1.41 bits per heavy atom. The molecule has 0 saturated carbocycles. The normalized spacial score (nSPS) is 11.5. The van der Waals surface area contributed by atoms with Crippen molar-refractivity contribution in [1.29, 1.82) is 0 Å². The SMILES string of the molecule is CS(=O)(=O)CCCOc1ccc(CN)c(Cl)c1. The van der Waals surface area contributed by atoms with E-state index in [0.29, 0.717) is 30.3 Å². The summed E-state index contributed by atoms with van der Waals surface area (Å²) in [7, 11) is -2.92. The summed E-state index contributed by atoms with van der Waals surface area (Å²) in [4.78, 5) is 0. The average Bonchev–Trinajstić information content (AvgIpc) is 2.23. The van der Waals surface area contributed by atoms with Gasteiger partial charge in [0.15, 0.2) is 0 Å². The van der Waals surface area contributed by atoms with E-state index in [1.54, 1.807) is 18.2 Å². The second-order valence-corrected chi connectivity index (χ2v) is 6.46. The average molecular weight is 278 g/mol. The largest absolute Gasteiger partial charge is 0.494 e. The number of ether oxygens (including phenoxy) is 1. The minimum absolute atomic E-state index is 0.127. The summed E-state index contributed by atoms with van der Waals surface area (Å²) in [6.45, 7) is 0.735. The fraction of sp³-hybridized carbons (Fsp3) is 0.455. The molecule has 17 heavy (non-hydrogen) atoms. The number of sulfone groups is 1. The quantitative estimate of drug-likeness (QED) is 0.802. The third-order valence-corrected chi connectivity index (χ3v) is 3.55. The van der Waals surface area contributed by atoms with Gasteiger partial charge in [0, 0.05) is 17.8 Å². The van der Waals surface area contributed by atoms with Gasteiger partial charge in [-0.2, -0.15) is 0 Å². The first-order chi connectivity index (χ1) is 7.92. The van der Waals surface area contributed by atoms with Crippen molar-refractivity contribution in [2.45, 2.75) is 13.0 Å². The monoisotopic (exact) mass is 277 g/mol. The third kappa shape index (κ3) is 5.39. The standard InChI is InChI=1S/C11H16ClNO3S/c1-17(14,15)6-2-5-16-10-4-3-9(8-13)11(12)7-10/h3-4,7H,2,5-6,8,13H2,1H3. The zero-order valence-electron chi connectivity index (χ0n) is 9.65. The highest BCUT2D eigenvalue weighted by molar-refractivity contribution is 7.90. The first-order valence-corrected chi connectivity index (χ1v) is 7.65. The number of benzene rings is 1. The van der Waals surface area contributed by atoms with Crippen LogP contribution in [0, 0.1) is 0 Å². The number of hydrogen-bond donors (Lipinski definition) is 1. The lowest BCUT2D eigenvalue weighted by atomic mass is 10.2. The molecule has 0 saturated heterocycles. The fourth-order valence-corrected chi connectivity index (χ4v) is 2.18. The number of halogens is 1. The van der Waals surface area contributed by atoms with E-state index in [1.807, 2.05) is 0 Å². The van der Waals surface area contributed by atoms with Gasteiger partial charge >= 0.3 is 0 Å². The van der Waals surface area contributed by atoms with Crippen LogP contribution in [0.5, 0.6) is 5.75 Å². The Kier molecular flexibility index (Phi) is 5.24. The summed E-state index contributed by atoms with van der Waals surface area (Å²) in [5.74, 6) is 0.752. The second-order valence-electron chi connectivity index (χ2n) is 3.79. The highest BCUT2D eigenvalue weighted by Crippen LogP contribution is 2.22. The molecule has 1 aromatic rings. The van der Waals surface area contributed by atoms with E-state index in [4.69, 9.17) is 22.1 Å². The van der Waals surface area contributed by atoms with E-state index >= 15 is 0 Å². The molecule has 0 aliphatic carbocycles. The zero-order valence-corrected chi connectivity index (χ0v) is 11.2. The maximum absolute atomic E-state index is 10.9. The molecule has 0 radical (unpaired) electrons. The van der Waals surface area contributed by atoms with E-state index in [0.717, 1.165) is 5.56 Å². The Morgan fingerprint density at radius 3 is 2.65 bits per heavy atom. The van der Waals surface area contributed by atoms with E-state index < -0.39 is 9.84 Å². The lowest BCUT2D eigenvalue weighted by molar-refractivity contribution is 0.317. The van der Waals surface area contributed by atoms with Crippen molar-refractivity contribution in [3.63, 3.8) is 0 Å². The van der Waals surface area contributed by atoms with Gasteiger partial charge in [-0.25, -0.2) is 8.42 Å². The van der Waals surface area contributed by atoms with Crippen LogP contribution in [0.3, 0.4) is 0 Å². The molecule has 2 N–H and O–H groups in total. The van der Waals surface area contributed by atoms with Gasteiger partial charge in [0.2, 0.25) is 0 Å². The molecule has 0 amide bonds. The smallest absolute Gasteiger partial charge is 0.147 e. The molecule has 0 aliphatic rings. The lowest BCUT2D eigenvalue weighted by Gasteiger charge is -2.07. The Labute approximate surface area is 107 Å². The molecule has 0 bridgehead atoms. The van der Waals surface area contributed by atoms with Crippen LogP contribution in [0.15, 0.2) is 18.2 Å². The van der Waals surface area contributed by atoms with Crippen LogP contribution >= 0.6 is 11.6 Å². The topological polar surface area (TPSA) is 69.4 Å². The molecule has 96 valence electrons. The molecule has 0 aromatic heterocycles. The van der Waals surface area contributed by atoms with Gasteiger partial charge in [-0.15, -0.1) is 0 Å². The minimum atomic E-state index is -2.92. The van der Waals surface area contributed by atoms with Gasteiger partial charge in [-0.3, -0.25) is 0 Å². The van der Waals surface area contributed by atoms with Crippen LogP contribution in [-0.4, -0.2) is 27.0 Å². The van der Waals surface area contributed by atoms with Crippen LogP contribution in [0.25, 0.3) is 0 Å². The van der Waals surface area contributed by atoms with Crippen LogP contribution in [0.4, 0.5) is 0 Å². The van der Waals surface area contributed by atoms with Crippen LogP contribution in [0.1, 0.15) is 12.0 Å². The first-order valence-electron chi connectivity index (χ1n) is 5.21.